The first-order chi connectivity index (χ1) is 9.60. The number of hydrogen-bond acceptors (Lipinski definition) is 7. The second-order valence-electron chi connectivity index (χ2n) is 4.30. The van der Waals surface area contributed by atoms with Crippen molar-refractivity contribution in [1.29, 1.82) is 0 Å². The van der Waals surface area contributed by atoms with Crippen molar-refractivity contribution < 1.29 is 24.2 Å². The Balaban J connectivity index is 1.88. The Hall–Kier alpha value is -2.22. The summed E-state index contributed by atoms with van der Waals surface area (Å²) in [6.07, 6.45) is 1.68. The van der Waals surface area contributed by atoms with Gasteiger partial charge < -0.3 is 19.9 Å². The van der Waals surface area contributed by atoms with E-state index in [4.69, 9.17) is 9.84 Å². The number of esters is 1. The van der Waals surface area contributed by atoms with E-state index in [0.717, 1.165) is 0 Å². The van der Waals surface area contributed by atoms with Crippen LogP contribution in [0, 0.1) is 0 Å². The third kappa shape index (κ3) is 3.41. The van der Waals surface area contributed by atoms with Crippen LogP contribution in [0.15, 0.2) is 12.3 Å². The molecular weight excluding hydrogens is 266 g/mol. The van der Waals surface area contributed by atoms with Crippen LogP contribution in [0.3, 0.4) is 0 Å². The number of nitrogens with zero attached hydrogens (tertiary/aromatic N) is 2. The van der Waals surface area contributed by atoms with Gasteiger partial charge in [0.2, 0.25) is 5.82 Å². The van der Waals surface area contributed by atoms with Crippen molar-refractivity contribution in [3.63, 3.8) is 0 Å². The number of anilines is 1. The van der Waals surface area contributed by atoms with Crippen LogP contribution >= 0.6 is 0 Å². The Bertz CT molecular complexity index is 508. The SMILES string of the molecule is COC(=O)c1nccc(NCC2CCC(C(=O)O)O2)n1. The third-order valence-electron chi connectivity index (χ3n) is 2.92. The number of rotatable bonds is 5. The molecule has 0 radical (unpaired) electrons. The first kappa shape index (κ1) is 14.2. The maximum Gasteiger partial charge on any atom is 0.376 e. The zero-order valence-corrected chi connectivity index (χ0v) is 10.9. The molecule has 8 heteroatoms. The molecule has 8 nitrogen and oxygen atoms in total. The summed E-state index contributed by atoms with van der Waals surface area (Å²) in [6, 6.07) is 1.61. The monoisotopic (exact) mass is 281 g/mol. The van der Waals surface area contributed by atoms with Crippen molar-refractivity contribution in [3.8, 4) is 0 Å². The number of aromatic nitrogens is 2. The molecule has 1 aliphatic heterocycles. The van der Waals surface area contributed by atoms with Crippen LogP contribution in [0.25, 0.3) is 0 Å². The second kappa shape index (κ2) is 6.29. The first-order valence-electron chi connectivity index (χ1n) is 6.13. The average Bonchev–Trinajstić information content (AvgIpc) is 2.93. The molecule has 0 amide bonds. The van der Waals surface area contributed by atoms with Gasteiger partial charge in [0.15, 0.2) is 6.10 Å². The lowest BCUT2D eigenvalue weighted by atomic mass is 10.2. The largest absolute Gasteiger partial charge is 0.479 e. The third-order valence-corrected chi connectivity index (χ3v) is 2.92. The predicted octanol–water partition coefficient (Wildman–Crippen LogP) is 0.307. The number of carbonyl (C=O) groups is 2. The molecular formula is C12H15N3O5. The molecule has 0 saturated carbocycles. The van der Waals surface area contributed by atoms with Crippen molar-refractivity contribution in [2.75, 3.05) is 19.0 Å². The minimum Gasteiger partial charge on any atom is -0.479 e. The molecule has 1 aromatic rings. The highest BCUT2D eigenvalue weighted by molar-refractivity contribution is 5.85. The standard InChI is InChI=1S/C12H15N3O5/c1-19-12(18)10-13-5-4-9(15-10)14-6-7-2-3-8(20-7)11(16)17/h4-5,7-8H,2-3,6H2,1H3,(H,16,17)(H,13,14,15). The van der Waals surface area contributed by atoms with Gasteiger partial charge in [-0.3, -0.25) is 0 Å². The molecule has 1 aliphatic rings. The molecule has 2 atom stereocenters. The number of hydrogen-bond donors (Lipinski definition) is 2. The molecule has 0 aliphatic carbocycles. The number of nitrogens with one attached hydrogen (secondary N) is 1. The highest BCUT2D eigenvalue weighted by Crippen LogP contribution is 2.20. The minimum absolute atomic E-state index is 0.0340. The molecule has 2 rings (SSSR count). The fraction of sp³-hybridized carbons (Fsp3) is 0.500. The smallest absolute Gasteiger partial charge is 0.376 e. The molecule has 0 bridgehead atoms. The zero-order valence-electron chi connectivity index (χ0n) is 10.9. The number of carboxylic acid groups (broad SMARTS) is 1. The topological polar surface area (TPSA) is 111 Å². The van der Waals surface area contributed by atoms with Gasteiger partial charge in [-0.15, -0.1) is 0 Å². The van der Waals surface area contributed by atoms with Crippen LogP contribution in [0.2, 0.25) is 0 Å². The quantitative estimate of drug-likeness (QED) is 0.742. The van der Waals surface area contributed by atoms with E-state index < -0.39 is 18.0 Å². The summed E-state index contributed by atoms with van der Waals surface area (Å²) in [7, 11) is 1.25. The van der Waals surface area contributed by atoms with Gasteiger partial charge in [-0.05, 0) is 18.9 Å². The Morgan fingerprint density at radius 1 is 1.55 bits per heavy atom. The van der Waals surface area contributed by atoms with Crippen molar-refractivity contribution in [2.24, 2.45) is 0 Å². The number of aliphatic carboxylic acids is 1. The van der Waals surface area contributed by atoms with E-state index in [1.54, 1.807) is 6.07 Å². The van der Waals surface area contributed by atoms with Gasteiger partial charge in [0.25, 0.3) is 0 Å². The molecule has 2 N–H and O–H groups in total. The van der Waals surface area contributed by atoms with Gasteiger partial charge in [-0.1, -0.05) is 0 Å². The van der Waals surface area contributed by atoms with Gasteiger partial charge >= 0.3 is 11.9 Å². The van der Waals surface area contributed by atoms with Crippen LogP contribution in [0.5, 0.6) is 0 Å². The minimum atomic E-state index is -0.942. The number of carbonyl (C=O) groups excluding carboxylic acids is 1. The van der Waals surface area contributed by atoms with E-state index in [0.29, 0.717) is 25.2 Å². The molecule has 2 heterocycles. The van der Waals surface area contributed by atoms with Gasteiger partial charge in [-0.25, -0.2) is 19.6 Å². The van der Waals surface area contributed by atoms with Gasteiger partial charge in [0.05, 0.1) is 13.2 Å². The Kier molecular flexibility index (Phi) is 4.46. The molecule has 108 valence electrons. The molecule has 0 spiro atoms. The van der Waals surface area contributed by atoms with Gasteiger partial charge in [-0.2, -0.15) is 0 Å². The van der Waals surface area contributed by atoms with E-state index in [-0.39, 0.29) is 11.9 Å². The van der Waals surface area contributed by atoms with E-state index in [1.165, 1.54) is 13.3 Å². The van der Waals surface area contributed by atoms with Crippen LogP contribution in [-0.2, 0) is 14.3 Å². The summed E-state index contributed by atoms with van der Waals surface area (Å²) in [5.74, 6) is -1.13. The zero-order chi connectivity index (χ0) is 14.5. The van der Waals surface area contributed by atoms with E-state index in [9.17, 15) is 9.59 Å². The highest BCUT2D eigenvalue weighted by atomic mass is 16.5. The summed E-state index contributed by atoms with van der Waals surface area (Å²) in [5, 5.41) is 11.8. The van der Waals surface area contributed by atoms with E-state index in [1.807, 2.05) is 0 Å². The van der Waals surface area contributed by atoms with Gasteiger partial charge in [0.1, 0.15) is 5.82 Å². The average molecular weight is 281 g/mol. The summed E-state index contributed by atoms with van der Waals surface area (Å²) < 4.78 is 9.87. The predicted molar refractivity (Wildman–Crippen MR) is 67.4 cm³/mol. The molecule has 2 unspecified atom stereocenters. The van der Waals surface area contributed by atoms with Gasteiger partial charge in [0, 0.05) is 12.7 Å². The van der Waals surface area contributed by atoms with E-state index >= 15 is 0 Å². The summed E-state index contributed by atoms with van der Waals surface area (Å²) >= 11 is 0. The Morgan fingerprint density at radius 2 is 2.35 bits per heavy atom. The Labute approximate surface area is 115 Å². The summed E-state index contributed by atoms with van der Waals surface area (Å²) in [4.78, 5) is 29.8. The lowest BCUT2D eigenvalue weighted by Crippen LogP contribution is -2.25. The van der Waals surface area contributed by atoms with Crippen LogP contribution in [0.4, 0.5) is 5.82 Å². The van der Waals surface area contributed by atoms with Crippen LogP contribution in [0.1, 0.15) is 23.5 Å². The van der Waals surface area contributed by atoms with E-state index in [2.05, 4.69) is 20.0 Å². The van der Waals surface area contributed by atoms with Crippen LogP contribution in [-0.4, -0.2) is 52.9 Å². The van der Waals surface area contributed by atoms with Crippen molar-refractivity contribution in [1.82, 2.24) is 9.97 Å². The number of carboxylic acids is 1. The maximum absolute atomic E-state index is 11.3. The van der Waals surface area contributed by atoms with Crippen LogP contribution < -0.4 is 5.32 Å². The fourth-order valence-electron chi connectivity index (χ4n) is 1.90. The lowest BCUT2D eigenvalue weighted by Gasteiger charge is -2.12. The van der Waals surface area contributed by atoms with Crippen molar-refractivity contribution >= 4 is 17.8 Å². The second-order valence-corrected chi connectivity index (χ2v) is 4.30. The summed E-state index contributed by atoms with van der Waals surface area (Å²) in [5.41, 5.74) is 0. The first-order valence-corrected chi connectivity index (χ1v) is 6.13. The summed E-state index contributed by atoms with van der Waals surface area (Å²) in [6.45, 7) is 0.418. The molecule has 1 aromatic heterocycles. The molecule has 1 fully saturated rings. The lowest BCUT2D eigenvalue weighted by molar-refractivity contribution is -0.149. The van der Waals surface area contributed by atoms with Crippen molar-refractivity contribution in [2.45, 2.75) is 25.0 Å². The Morgan fingerprint density at radius 3 is 3.00 bits per heavy atom. The van der Waals surface area contributed by atoms with Crippen molar-refractivity contribution in [3.05, 3.63) is 18.1 Å². The number of methoxy groups -OCH3 is 1. The number of ether oxygens (including phenoxy) is 2. The molecule has 1 saturated heterocycles. The fourth-order valence-corrected chi connectivity index (χ4v) is 1.90. The molecule has 0 aromatic carbocycles. The normalized spacial score (nSPS) is 21.4. The highest BCUT2D eigenvalue weighted by Gasteiger charge is 2.30. The maximum atomic E-state index is 11.3. The molecule has 20 heavy (non-hydrogen) atoms.